The number of carbonyl (C=O) groups is 2. The Morgan fingerprint density at radius 2 is 1.70 bits per heavy atom. The summed E-state index contributed by atoms with van der Waals surface area (Å²) in [7, 11) is 0. The van der Waals surface area contributed by atoms with E-state index in [2.05, 4.69) is 44.0 Å². The van der Waals surface area contributed by atoms with Crippen LogP contribution in [0.5, 0.6) is 0 Å². The van der Waals surface area contributed by atoms with Gasteiger partial charge >= 0.3 is 12.1 Å². The lowest BCUT2D eigenvalue weighted by atomic mass is 9.37. The highest BCUT2D eigenvalue weighted by Gasteiger charge is 2.66. The highest BCUT2D eigenvalue weighted by Crippen LogP contribution is 2.72. The van der Waals surface area contributed by atoms with E-state index in [1.54, 1.807) is 0 Å². The lowest BCUT2D eigenvalue weighted by Crippen LogP contribution is -2.61. The summed E-state index contributed by atoms with van der Waals surface area (Å²) in [6.07, 6.45) is 4.99. The molecule has 2 saturated carbocycles. The lowest BCUT2D eigenvalue weighted by Gasteiger charge is -2.66. The summed E-state index contributed by atoms with van der Waals surface area (Å²) in [4.78, 5) is 27.3. The third kappa shape index (κ3) is 4.48. The molecule has 234 valence electrons. The molecule has 0 aromatic carbocycles. The van der Waals surface area contributed by atoms with Crippen molar-refractivity contribution >= 4 is 11.6 Å². The molecule has 0 radical (unpaired) electrons. The molecule has 4 aliphatic rings. The third-order valence-corrected chi connectivity index (χ3v) is 12.9. The van der Waals surface area contributed by atoms with E-state index < -0.39 is 28.3 Å². The van der Waals surface area contributed by atoms with Crippen LogP contribution in [0.15, 0.2) is 27.7 Å². The van der Waals surface area contributed by atoms with E-state index >= 15 is 0 Å². The molecule has 6 nitrogen and oxygen atoms in total. The van der Waals surface area contributed by atoms with Crippen molar-refractivity contribution in [3.8, 4) is 6.07 Å². The van der Waals surface area contributed by atoms with Crippen molar-refractivity contribution in [1.82, 2.24) is 10.2 Å². The van der Waals surface area contributed by atoms with Gasteiger partial charge in [-0.15, -0.1) is 10.2 Å². The average Bonchev–Trinajstić information content (AvgIpc) is 3.45. The number of hydrogen-bond donors (Lipinski definition) is 0. The maximum atomic E-state index is 14.1. The van der Waals surface area contributed by atoms with Crippen LogP contribution in [-0.2, 0) is 21.2 Å². The molecular formula is C34H44F3N3O3. The number of nitriles is 1. The maximum Gasteiger partial charge on any atom is 0.470 e. The minimum Gasteiger partial charge on any atom is -0.417 e. The van der Waals surface area contributed by atoms with Crippen LogP contribution in [0.4, 0.5) is 13.2 Å². The van der Waals surface area contributed by atoms with Crippen LogP contribution in [0.1, 0.15) is 119 Å². The Labute approximate surface area is 252 Å². The number of fused-ring (bicyclic) bond motifs is 5. The molecule has 0 aliphatic heterocycles. The zero-order valence-electron chi connectivity index (χ0n) is 26.7. The Bertz CT molecular complexity index is 1470. The van der Waals surface area contributed by atoms with Gasteiger partial charge in [-0.1, -0.05) is 67.0 Å². The van der Waals surface area contributed by atoms with E-state index in [4.69, 9.17) is 4.42 Å². The second kappa shape index (κ2) is 9.62. The second-order valence-corrected chi connectivity index (χ2v) is 15.7. The van der Waals surface area contributed by atoms with Gasteiger partial charge in [-0.05, 0) is 79.6 Å². The Morgan fingerprint density at radius 3 is 2.28 bits per heavy atom. The molecule has 0 N–H and O–H groups in total. The molecule has 43 heavy (non-hydrogen) atoms. The number of alkyl halides is 3. The first-order chi connectivity index (χ1) is 19.7. The Balaban J connectivity index is 1.44. The van der Waals surface area contributed by atoms with Gasteiger partial charge in [-0.25, -0.2) is 0 Å². The van der Waals surface area contributed by atoms with Gasteiger partial charge in [0.05, 0.1) is 5.57 Å². The van der Waals surface area contributed by atoms with E-state index in [-0.39, 0.29) is 51.1 Å². The number of aromatic nitrogens is 2. The third-order valence-electron chi connectivity index (χ3n) is 12.9. The topological polar surface area (TPSA) is 96.8 Å². The molecule has 9 heteroatoms. The molecule has 1 aromatic rings. The number of Topliss-reactive ketones (excluding diaryl/α,β-unsaturated/α-hetero) is 1. The molecule has 2 fully saturated rings. The maximum absolute atomic E-state index is 14.1. The van der Waals surface area contributed by atoms with Gasteiger partial charge in [-0.2, -0.15) is 18.4 Å². The fourth-order valence-corrected chi connectivity index (χ4v) is 9.50. The number of nitrogens with zero attached hydrogens (tertiary/aromatic N) is 3. The number of halogens is 3. The van der Waals surface area contributed by atoms with E-state index in [0.29, 0.717) is 19.3 Å². The number of carbonyl (C=O) groups excluding carboxylic acids is 2. The highest BCUT2D eigenvalue weighted by atomic mass is 19.4. The number of allylic oxidation sites excluding steroid dienone is 4. The van der Waals surface area contributed by atoms with Crippen molar-refractivity contribution < 1.29 is 27.2 Å². The predicted octanol–water partition coefficient (Wildman–Crippen LogP) is 8.34. The second-order valence-electron chi connectivity index (χ2n) is 15.7. The van der Waals surface area contributed by atoms with Gasteiger partial charge in [0.1, 0.15) is 6.07 Å². The molecule has 4 aliphatic carbocycles. The Morgan fingerprint density at radius 1 is 1.05 bits per heavy atom. The first kappa shape index (κ1) is 31.7. The average molecular weight is 600 g/mol. The SMILES string of the molecule is CC[C@](C)(CC[C@]1(C)CC[C@]2(C)C(C1)C(=O)C=C1[C@@]3(C)C=C(C#N)C(=O)C(C)(C)[C@@H]3CC[C@]12C)c1nnc(C(F)(F)F)o1. The summed E-state index contributed by atoms with van der Waals surface area (Å²) in [6, 6.07) is 2.14. The quantitative estimate of drug-likeness (QED) is 0.338. The first-order valence-corrected chi connectivity index (χ1v) is 15.6. The van der Waals surface area contributed by atoms with Crippen LogP contribution < -0.4 is 0 Å². The molecule has 1 unspecified atom stereocenters. The monoisotopic (exact) mass is 599 g/mol. The van der Waals surface area contributed by atoms with Crippen LogP contribution in [0.3, 0.4) is 0 Å². The normalized spacial score (nSPS) is 38.6. The van der Waals surface area contributed by atoms with Gasteiger partial charge in [0.25, 0.3) is 0 Å². The predicted molar refractivity (Wildman–Crippen MR) is 154 cm³/mol. The summed E-state index contributed by atoms with van der Waals surface area (Å²) in [5, 5.41) is 16.9. The van der Waals surface area contributed by atoms with Crippen LogP contribution in [0.25, 0.3) is 0 Å². The summed E-state index contributed by atoms with van der Waals surface area (Å²) in [5.74, 6) is -1.52. The highest BCUT2D eigenvalue weighted by molar-refractivity contribution is 6.04. The van der Waals surface area contributed by atoms with Crippen LogP contribution in [0, 0.1) is 50.2 Å². The van der Waals surface area contributed by atoms with Gasteiger partial charge in [0, 0.05) is 22.2 Å². The van der Waals surface area contributed by atoms with E-state index in [1.807, 2.05) is 39.8 Å². The summed E-state index contributed by atoms with van der Waals surface area (Å²) in [6.45, 7) is 16.5. The molecule has 0 amide bonds. The Kier molecular flexibility index (Phi) is 7.08. The summed E-state index contributed by atoms with van der Waals surface area (Å²) < 4.78 is 44.6. The van der Waals surface area contributed by atoms with Crippen LogP contribution in [-0.4, -0.2) is 21.8 Å². The zero-order valence-corrected chi connectivity index (χ0v) is 26.7. The van der Waals surface area contributed by atoms with Crippen molar-refractivity contribution in [2.75, 3.05) is 0 Å². The van der Waals surface area contributed by atoms with Crippen molar-refractivity contribution in [2.24, 2.45) is 38.9 Å². The van der Waals surface area contributed by atoms with Gasteiger partial charge in [-0.3, -0.25) is 9.59 Å². The number of hydrogen-bond acceptors (Lipinski definition) is 6. The molecule has 5 rings (SSSR count). The lowest BCUT2D eigenvalue weighted by molar-refractivity contribution is -0.158. The van der Waals surface area contributed by atoms with E-state index in [0.717, 1.165) is 37.7 Å². The molecular weight excluding hydrogens is 555 g/mol. The van der Waals surface area contributed by atoms with E-state index in [9.17, 15) is 28.0 Å². The Hall–Kier alpha value is -2.76. The summed E-state index contributed by atoms with van der Waals surface area (Å²) in [5.41, 5.74) is -1.48. The van der Waals surface area contributed by atoms with Crippen LogP contribution in [0.2, 0.25) is 0 Å². The van der Waals surface area contributed by atoms with Crippen molar-refractivity contribution in [1.29, 1.82) is 5.26 Å². The van der Waals surface area contributed by atoms with Crippen molar-refractivity contribution in [2.45, 2.75) is 118 Å². The molecule has 0 bridgehead atoms. The van der Waals surface area contributed by atoms with Crippen LogP contribution >= 0.6 is 0 Å². The van der Waals surface area contributed by atoms with Gasteiger partial charge < -0.3 is 4.42 Å². The fourth-order valence-electron chi connectivity index (χ4n) is 9.50. The smallest absolute Gasteiger partial charge is 0.417 e. The van der Waals surface area contributed by atoms with E-state index in [1.165, 1.54) is 0 Å². The molecule has 1 heterocycles. The zero-order chi connectivity index (χ0) is 32.0. The minimum absolute atomic E-state index is 0.0000131. The van der Waals surface area contributed by atoms with Gasteiger partial charge in [0.2, 0.25) is 5.89 Å². The summed E-state index contributed by atoms with van der Waals surface area (Å²) >= 11 is 0. The molecule has 0 spiro atoms. The number of rotatable bonds is 5. The first-order valence-electron chi connectivity index (χ1n) is 15.6. The fraction of sp³-hybridized carbons (Fsp3) is 0.735. The molecule has 1 aromatic heterocycles. The standard InChI is InChI=1S/C34H44F3N3O3/c1-9-30(5,26-39-40-27(43-26)34(35,36)37)14-12-29(4)13-15-32(7)21(18-29)22(41)16-24-31(6)17-20(19-38)25(42)28(2,3)23(31)10-11-33(24,32)8/h16-17,21,23H,9-15,18H2,1-8H3/t21?,23-,29+,30+,31-,32+,33+/m0/s1. The van der Waals surface area contributed by atoms with Gasteiger partial charge in [0.15, 0.2) is 11.6 Å². The van der Waals surface area contributed by atoms with Crippen molar-refractivity contribution in [3.63, 3.8) is 0 Å². The largest absolute Gasteiger partial charge is 0.470 e. The van der Waals surface area contributed by atoms with Crippen molar-refractivity contribution in [3.05, 3.63) is 35.1 Å². The molecule has 0 saturated heterocycles. The minimum atomic E-state index is -4.69. The molecule has 7 atom stereocenters. The number of ketones is 2.